The van der Waals surface area contributed by atoms with E-state index in [-0.39, 0.29) is 23.4 Å². The second kappa shape index (κ2) is 6.73. The van der Waals surface area contributed by atoms with Crippen LogP contribution in [0.15, 0.2) is 42.5 Å². The topological polar surface area (TPSA) is 62.1 Å². The molecule has 0 saturated carbocycles. The molecule has 0 bridgehead atoms. The van der Waals surface area contributed by atoms with Crippen molar-refractivity contribution in [1.82, 2.24) is 0 Å². The van der Waals surface area contributed by atoms with Crippen LogP contribution in [0, 0.1) is 17.1 Å². The van der Waals surface area contributed by atoms with Crippen molar-refractivity contribution in [3.63, 3.8) is 0 Å². The van der Waals surface area contributed by atoms with Crippen LogP contribution in [0.3, 0.4) is 0 Å². The molecule has 1 N–H and O–H groups in total. The van der Waals surface area contributed by atoms with Crippen molar-refractivity contribution in [3.05, 3.63) is 58.9 Å². The van der Waals surface area contributed by atoms with E-state index in [4.69, 9.17) is 21.6 Å². The lowest BCUT2D eigenvalue weighted by Gasteiger charge is -2.08. The maximum Gasteiger partial charge on any atom is 0.262 e. The molecule has 2 aromatic rings. The van der Waals surface area contributed by atoms with E-state index in [0.29, 0.717) is 17.0 Å². The maximum absolute atomic E-state index is 12.7. The maximum atomic E-state index is 12.7. The Kier molecular flexibility index (Phi) is 4.75. The summed E-state index contributed by atoms with van der Waals surface area (Å²) in [4.78, 5) is 11.7. The van der Waals surface area contributed by atoms with E-state index in [2.05, 4.69) is 5.32 Å². The number of nitriles is 1. The van der Waals surface area contributed by atoms with E-state index >= 15 is 0 Å². The zero-order valence-corrected chi connectivity index (χ0v) is 11.5. The fourth-order valence-corrected chi connectivity index (χ4v) is 1.78. The van der Waals surface area contributed by atoms with Crippen LogP contribution in [0.1, 0.15) is 5.56 Å². The Morgan fingerprint density at radius 3 is 2.62 bits per heavy atom. The van der Waals surface area contributed by atoms with E-state index in [1.165, 1.54) is 36.4 Å². The molecule has 0 aliphatic heterocycles. The molecule has 0 fully saturated rings. The van der Waals surface area contributed by atoms with Crippen LogP contribution in [0.2, 0.25) is 5.02 Å². The molecule has 6 heteroatoms. The summed E-state index contributed by atoms with van der Waals surface area (Å²) >= 11 is 5.86. The molecule has 0 aliphatic carbocycles. The summed E-state index contributed by atoms with van der Waals surface area (Å²) in [6.07, 6.45) is 0. The molecule has 2 aromatic carbocycles. The first kappa shape index (κ1) is 14.8. The molecule has 106 valence electrons. The normalized spacial score (nSPS) is 9.76. The van der Waals surface area contributed by atoms with Crippen LogP contribution in [0.5, 0.6) is 5.75 Å². The Bertz CT molecular complexity index is 696. The predicted molar refractivity (Wildman–Crippen MR) is 76.7 cm³/mol. The zero-order valence-electron chi connectivity index (χ0n) is 10.8. The molecule has 0 atom stereocenters. The Hall–Kier alpha value is -2.58. The van der Waals surface area contributed by atoms with Crippen LogP contribution >= 0.6 is 11.6 Å². The first-order chi connectivity index (χ1) is 10.1. The minimum atomic E-state index is -0.389. The number of anilines is 1. The number of hydrogen-bond donors (Lipinski definition) is 1. The molecular formula is C15H10ClFN2O2. The number of halogens is 2. The Labute approximate surface area is 125 Å². The van der Waals surface area contributed by atoms with E-state index in [1.54, 1.807) is 6.07 Å². The molecule has 0 aliphatic rings. The lowest BCUT2D eigenvalue weighted by atomic mass is 10.2. The van der Waals surface area contributed by atoms with Crippen LogP contribution in [0.25, 0.3) is 0 Å². The van der Waals surface area contributed by atoms with Gasteiger partial charge in [-0.1, -0.05) is 11.6 Å². The van der Waals surface area contributed by atoms with E-state index in [9.17, 15) is 9.18 Å². The van der Waals surface area contributed by atoms with Gasteiger partial charge in [0.1, 0.15) is 17.6 Å². The number of nitrogens with one attached hydrogen (secondary N) is 1. The number of nitrogens with zero attached hydrogens (tertiary/aromatic N) is 1. The largest absolute Gasteiger partial charge is 0.484 e. The van der Waals surface area contributed by atoms with Gasteiger partial charge in [-0.2, -0.15) is 5.26 Å². The van der Waals surface area contributed by atoms with Gasteiger partial charge >= 0.3 is 0 Å². The molecule has 0 aromatic heterocycles. The van der Waals surface area contributed by atoms with Gasteiger partial charge in [-0.15, -0.1) is 0 Å². The van der Waals surface area contributed by atoms with Crippen LogP contribution in [-0.4, -0.2) is 12.5 Å². The number of carbonyl (C=O) groups excluding carboxylic acids is 1. The van der Waals surface area contributed by atoms with Gasteiger partial charge in [0.05, 0.1) is 10.6 Å². The van der Waals surface area contributed by atoms with Gasteiger partial charge in [-0.05, 0) is 42.5 Å². The SMILES string of the molecule is N#Cc1ccc(NC(=O)COc2ccc(F)cc2)cc1Cl. The molecule has 0 unspecified atom stereocenters. The van der Waals surface area contributed by atoms with Crippen molar-refractivity contribution in [2.75, 3.05) is 11.9 Å². The quantitative estimate of drug-likeness (QED) is 0.942. The van der Waals surface area contributed by atoms with Gasteiger partial charge in [-0.25, -0.2) is 4.39 Å². The Morgan fingerprint density at radius 2 is 2.00 bits per heavy atom. The summed E-state index contributed by atoms with van der Waals surface area (Å²) in [5, 5.41) is 11.6. The third kappa shape index (κ3) is 4.20. The monoisotopic (exact) mass is 304 g/mol. The second-order valence-electron chi connectivity index (χ2n) is 4.10. The van der Waals surface area contributed by atoms with Gasteiger partial charge in [-0.3, -0.25) is 4.79 Å². The summed E-state index contributed by atoms with van der Waals surface area (Å²) < 4.78 is 17.9. The molecular weight excluding hydrogens is 295 g/mol. The number of rotatable bonds is 4. The van der Waals surface area contributed by atoms with Crippen LogP contribution < -0.4 is 10.1 Å². The Balaban J connectivity index is 1.91. The van der Waals surface area contributed by atoms with Gasteiger partial charge in [0.2, 0.25) is 0 Å². The smallest absolute Gasteiger partial charge is 0.262 e. The highest BCUT2D eigenvalue weighted by molar-refractivity contribution is 6.32. The number of ether oxygens (including phenoxy) is 1. The second-order valence-corrected chi connectivity index (χ2v) is 4.50. The first-order valence-corrected chi connectivity index (χ1v) is 6.34. The average molecular weight is 305 g/mol. The van der Waals surface area contributed by atoms with Crippen molar-refractivity contribution in [3.8, 4) is 11.8 Å². The summed E-state index contributed by atoms with van der Waals surface area (Å²) in [5.74, 6) is -0.372. The number of carbonyl (C=O) groups is 1. The van der Waals surface area contributed by atoms with Crippen molar-refractivity contribution in [2.24, 2.45) is 0 Å². The fourth-order valence-electron chi connectivity index (χ4n) is 1.56. The summed E-state index contributed by atoms with van der Waals surface area (Å²) in [7, 11) is 0. The highest BCUT2D eigenvalue weighted by Crippen LogP contribution is 2.20. The minimum Gasteiger partial charge on any atom is -0.484 e. The molecule has 0 radical (unpaired) electrons. The van der Waals surface area contributed by atoms with Crippen molar-refractivity contribution in [1.29, 1.82) is 5.26 Å². The van der Waals surface area contributed by atoms with Crippen LogP contribution in [-0.2, 0) is 4.79 Å². The molecule has 1 amide bonds. The van der Waals surface area contributed by atoms with Crippen LogP contribution in [0.4, 0.5) is 10.1 Å². The Morgan fingerprint density at radius 1 is 1.29 bits per heavy atom. The zero-order chi connectivity index (χ0) is 15.2. The van der Waals surface area contributed by atoms with Gasteiger partial charge < -0.3 is 10.1 Å². The van der Waals surface area contributed by atoms with Crippen molar-refractivity contribution >= 4 is 23.2 Å². The van der Waals surface area contributed by atoms with Gasteiger partial charge in [0.15, 0.2) is 6.61 Å². The standard InChI is InChI=1S/C15H10ClFN2O2/c16-14-7-12(4-1-10(14)8-18)19-15(20)9-21-13-5-2-11(17)3-6-13/h1-7H,9H2,(H,19,20). The summed E-state index contributed by atoms with van der Waals surface area (Å²) in [6, 6.07) is 11.8. The molecule has 0 saturated heterocycles. The summed E-state index contributed by atoms with van der Waals surface area (Å²) in [6.45, 7) is -0.219. The van der Waals surface area contributed by atoms with Crippen molar-refractivity contribution < 1.29 is 13.9 Å². The lowest BCUT2D eigenvalue weighted by molar-refractivity contribution is -0.118. The summed E-state index contributed by atoms with van der Waals surface area (Å²) in [5.41, 5.74) is 0.795. The van der Waals surface area contributed by atoms with E-state index in [1.807, 2.05) is 6.07 Å². The average Bonchev–Trinajstić information content (AvgIpc) is 2.47. The van der Waals surface area contributed by atoms with Gasteiger partial charge in [0.25, 0.3) is 5.91 Å². The molecule has 21 heavy (non-hydrogen) atoms. The highest BCUT2D eigenvalue weighted by Gasteiger charge is 2.06. The lowest BCUT2D eigenvalue weighted by Crippen LogP contribution is -2.20. The molecule has 4 nitrogen and oxygen atoms in total. The third-order valence-corrected chi connectivity index (χ3v) is 2.87. The highest BCUT2D eigenvalue weighted by atomic mass is 35.5. The van der Waals surface area contributed by atoms with Crippen molar-refractivity contribution in [2.45, 2.75) is 0 Å². The molecule has 0 heterocycles. The predicted octanol–water partition coefficient (Wildman–Crippen LogP) is 3.37. The third-order valence-electron chi connectivity index (χ3n) is 2.56. The minimum absolute atomic E-state index is 0.219. The number of hydrogen-bond acceptors (Lipinski definition) is 3. The van der Waals surface area contributed by atoms with E-state index < -0.39 is 0 Å². The first-order valence-electron chi connectivity index (χ1n) is 5.96. The fraction of sp³-hybridized carbons (Fsp3) is 0.0667. The van der Waals surface area contributed by atoms with E-state index in [0.717, 1.165) is 0 Å². The molecule has 2 rings (SSSR count). The number of amides is 1. The number of benzene rings is 2. The van der Waals surface area contributed by atoms with Gasteiger partial charge in [0, 0.05) is 5.69 Å². The molecule has 0 spiro atoms.